The van der Waals surface area contributed by atoms with Crippen molar-refractivity contribution in [1.82, 2.24) is 0 Å². The van der Waals surface area contributed by atoms with Crippen LogP contribution in [-0.4, -0.2) is 32.0 Å². The van der Waals surface area contributed by atoms with Gasteiger partial charge in [0, 0.05) is 11.8 Å². The molecule has 0 bridgehead atoms. The number of fused-ring (bicyclic) bond motifs is 1. The molecule has 0 aromatic rings. The van der Waals surface area contributed by atoms with Gasteiger partial charge in [-0.25, -0.2) is 0 Å². The van der Waals surface area contributed by atoms with E-state index in [9.17, 15) is 0 Å². The standard InChI is InChI=1S/C9H15NO2/c1-2-6-4-11-9-7(3-10)5-12-8(6)9/h2,6-9H,1,3-5,10H2/t6-,7+,8+,9+/m0/s1. The molecule has 2 N–H and O–H groups in total. The van der Waals surface area contributed by atoms with E-state index in [1.165, 1.54) is 0 Å². The van der Waals surface area contributed by atoms with Crippen LogP contribution in [0.1, 0.15) is 0 Å². The molecule has 2 aliphatic heterocycles. The van der Waals surface area contributed by atoms with Crippen LogP contribution in [0.5, 0.6) is 0 Å². The van der Waals surface area contributed by atoms with Gasteiger partial charge in [-0.05, 0) is 6.54 Å². The first-order chi connectivity index (χ1) is 5.86. The van der Waals surface area contributed by atoms with E-state index in [0.717, 1.165) is 13.2 Å². The van der Waals surface area contributed by atoms with E-state index < -0.39 is 0 Å². The quantitative estimate of drug-likeness (QED) is 0.599. The minimum atomic E-state index is 0.219. The first kappa shape index (κ1) is 8.23. The summed E-state index contributed by atoms with van der Waals surface area (Å²) >= 11 is 0. The van der Waals surface area contributed by atoms with Gasteiger partial charge in [-0.1, -0.05) is 6.08 Å². The van der Waals surface area contributed by atoms with Crippen molar-refractivity contribution >= 4 is 0 Å². The summed E-state index contributed by atoms with van der Waals surface area (Å²) in [5.74, 6) is 0.756. The van der Waals surface area contributed by atoms with Crippen molar-refractivity contribution in [2.75, 3.05) is 19.8 Å². The summed E-state index contributed by atoms with van der Waals surface area (Å²) < 4.78 is 11.2. The summed E-state index contributed by atoms with van der Waals surface area (Å²) in [6, 6.07) is 0. The van der Waals surface area contributed by atoms with Gasteiger partial charge in [-0.3, -0.25) is 0 Å². The van der Waals surface area contributed by atoms with Crippen LogP contribution in [0.15, 0.2) is 12.7 Å². The summed E-state index contributed by atoms with van der Waals surface area (Å²) in [5.41, 5.74) is 5.59. The Morgan fingerprint density at radius 3 is 2.75 bits per heavy atom. The van der Waals surface area contributed by atoms with Gasteiger partial charge in [0.05, 0.1) is 25.4 Å². The second kappa shape index (κ2) is 3.17. The highest BCUT2D eigenvalue weighted by Gasteiger charge is 2.45. The van der Waals surface area contributed by atoms with Crippen LogP contribution < -0.4 is 5.73 Å². The number of ether oxygens (including phenoxy) is 2. The van der Waals surface area contributed by atoms with E-state index in [2.05, 4.69) is 6.58 Å². The highest BCUT2D eigenvalue weighted by Crippen LogP contribution is 2.34. The zero-order chi connectivity index (χ0) is 8.55. The normalized spacial score (nSPS) is 46.1. The van der Waals surface area contributed by atoms with Crippen molar-refractivity contribution in [3.63, 3.8) is 0 Å². The first-order valence-corrected chi connectivity index (χ1v) is 4.42. The fourth-order valence-electron chi connectivity index (χ4n) is 2.01. The minimum Gasteiger partial charge on any atom is -0.374 e. The van der Waals surface area contributed by atoms with Gasteiger partial charge in [-0.15, -0.1) is 6.58 Å². The first-order valence-electron chi connectivity index (χ1n) is 4.42. The molecule has 3 heteroatoms. The van der Waals surface area contributed by atoms with Gasteiger partial charge < -0.3 is 15.2 Å². The van der Waals surface area contributed by atoms with Crippen LogP contribution in [0.4, 0.5) is 0 Å². The van der Waals surface area contributed by atoms with Crippen LogP contribution in [-0.2, 0) is 9.47 Å². The Kier molecular flexibility index (Phi) is 2.17. The molecule has 2 saturated heterocycles. The molecular weight excluding hydrogens is 154 g/mol. The average molecular weight is 169 g/mol. The topological polar surface area (TPSA) is 44.5 Å². The van der Waals surface area contributed by atoms with Crippen molar-refractivity contribution in [1.29, 1.82) is 0 Å². The Morgan fingerprint density at radius 1 is 1.33 bits per heavy atom. The lowest BCUT2D eigenvalue weighted by Crippen LogP contribution is -2.29. The van der Waals surface area contributed by atoms with Crippen molar-refractivity contribution in [2.45, 2.75) is 12.2 Å². The molecule has 0 spiro atoms. The fraction of sp³-hybridized carbons (Fsp3) is 0.778. The number of hydrogen-bond acceptors (Lipinski definition) is 3. The third-order valence-corrected chi connectivity index (χ3v) is 2.80. The lowest BCUT2D eigenvalue weighted by Gasteiger charge is -2.13. The lowest BCUT2D eigenvalue weighted by atomic mass is 9.97. The van der Waals surface area contributed by atoms with Gasteiger partial charge in [0.15, 0.2) is 0 Å². The van der Waals surface area contributed by atoms with E-state index in [1.807, 2.05) is 6.08 Å². The fourth-order valence-corrected chi connectivity index (χ4v) is 2.01. The molecule has 0 aliphatic carbocycles. The smallest absolute Gasteiger partial charge is 0.0925 e. The van der Waals surface area contributed by atoms with Gasteiger partial charge >= 0.3 is 0 Å². The monoisotopic (exact) mass is 169 g/mol. The zero-order valence-electron chi connectivity index (χ0n) is 7.11. The number of rotatable bonds is 2. The molecule has 2 heterocycles. The van der Waals surface area contributed by atoms with Crippen LogP contribution >= 0.6 is 0 Å². The molecule has 0 aromatic heterocycles. The SMILES string of the molecule is C=C[C@H]1CO[C@@H]2[C@H](CN)CO[C@@H]21. The molecular formula is C9H15NO2. The molecule has 4 atom stereocenters. The van der Waals surface area contributed by atoms with Gasteiger partial charge in [-0.2, -0.15) is 0 Å². The maximum atomic E-state index is 5.61. The van der Waals surface area contributed by atoms with Crippen molar-refractivity contribution in [3.8, 4) is 0 Å². The van der Waals surface area contributed by atoms with Crippen molar-refractivity contribution < 1.29 is 9.47 Å². The van der Waals surface area contributed by atoms with Crippen LogP contribution in [0.3, 0.4) is 0 Å². The van der Waals surface area contributed by atoms with Crippen molar-refractivity contribution in [2.24, 2.45) is 17.6 Å². The molecule has 0 unspecified atom stereocenters. The predicted octanol–water partition coefficient (Wildman–Crippen LogP) is 0.161. The molecule has 2 rings (SSSR count). The number of nitrogens with two attached hydrogens (primary N) is 1. The molecule has 68 valence electrons. The van der Waals surface area contributed by atoms with Gasteiger partial charge in [0.25, 0.3) is 0 Å². The maximum Gasteiger partial charge on any atom is 0.0925 e. The molecule has 0 radical (unpaired) electrons. The third-order valence-electron chi connectivity index (χ3n) is 2.80. The summed E-state index contributed by atoms with van der Waals surface area (Å²) in [4.78, 5) is 0. The zero-order valence-corrected chi connectivity index (χ0v) is 7.11. The Bertz CT molecular complexity index is 183. The van der Waals surface area contributed by atoms with Crippen LogP contribution in [0.2, 0.25) is 0 Å². The molecule has 12 heavy (non-hydrogen) atoms. The number of hydrogen-bond donors (Lipinski definition) is 1. The molecule has 2 fully saturated rings. The van der Waals surface area contributed by atoms with Gasteiger partial charge in [0.2, 0.25) is 0 Å². The summed E-state index contributed by atoms with van der Waals surface area (Å²) in [5, 5.41) is 0. The highest BCUT2D eigenvalue weighted by molar-refractivity contribution is 5.00. The Balaban J connectivity index is 2.05. The highest BCUT2D eigenvalue weighted by atomic mass is 16.6. The molecule has 2 aliphatic rings. The van der Waals surface area contributed by atoms with E-state index in [-0.39, 0.29) is 12.2 Å². The Hall–Kier alpha value is -0.380. The average Bonchev–Trinajstić information content (AvgIpc) is 2.62. The third kappa shape index (κ3) is 1.09. The lowest BCUT2D eigenvalue weighted by molar-refractivity contribution is 0.0631. The van der Waals surface area contributed by atoms with E-state index in [4.69, 9.17) is 15.2 Å². The predicted molar refractivity (Wildman–Crippen MR) is 45.7 cm³/mol. The van der Waals surface area contributed by atoms with Crippen molar-refractivity contribution in [3.05, 3.63) is 12.7 Å². The largest absolute Gasteiger partial charge is 0.374 e. The van der Waals surface area contributed by atoms with E-state index in [0.29, 0.717) is 18.4 Å². The van der Waals surface area contributed by atoms with Gasteiger partial charge in [0.1, 0.15) is 0 Å². The molecule has 0 amide bonds. The second-order valence-electron chi connectivity index (χ2n) is 3.49. The van der Waals surface area contributed by atoms with E-state index >= 15 is 0 Å². The van der Waals surface area contributed by atoms with Crippen LogP contribution in [0, 0.1) is 11.8 Å². The minimum absolute atomic E-state index is 0.219. The molecule has 0 aromatic carbocycles. The molecule has 0 saturated carbocycles. The maximum absolute atomic E-state index is 5.61. The summed E-state index contributed by atoms with van der Waals surface area (Å²) in [6.07, 6.45) is 2.36. The summed E-state index contributed by atoms with van der Waals surface area (Å²) in [7, 11) is 0. The Labute approximate surface area is 72.5 Å². The van der Waals surface area contributed by atoms with E-state index in [1.54, 1.807) is 0 Å². The van der Waals surface area contributed by atoms with Crippen LogP contribution in [0.25, 0.3) is 0 Å². The Morgan fingerprint density at radius 2 is 2.08 bits per heavy atom. The second-order valence-corrected chi connectivity index (χ2v) is 3.49. The molecule has 3 nitrogen and oxygen atoms in total. The summed E-state index contributed by atoms with van der Waals surface area (Å²) in [6.45, 7) is 5.91.